The molecule has 33 heavy (non-hydrogen) atoms. The van der Waals surface area contributed by atoms with Gasteiger partial charge in [-0.15, -0.1) is 0 Å². The van der Waals surface area contributed by atoms with Crippen LogP contribution >= 0.6 is 0 Å². The normalized spacial score (nSPS) is 11.5. The Morgan fingerprint density at radius 2 is 1.64 bits per heavy atom. The van der Waals surface area contributed by atoms with E-state index in [2.05, 4.69) is 10.3 Å². The van der Waals surface area contributed by atoms with Crippen LogP contribution in [0, 0.1) is 0 Å². The first-order chi connectivity index (χ1) is 16.0. The van der Waals surface area contributed by atoms with Crippen molar-refractivity contribution in [3.8, 4) is 16.9 Å². The second-order valence-corrected chi connectivity index (χ2v) is 7.56. The number of nitrogens with one attached hydrogen (secondary N) is 1. The van der Waals surface area contributed by atoms with Crippen molar-refractivity contribution in [3.63, 3.8) is 0 Å². The van der Waals surface area contributed by atoms with E-state index in [0.717, 1.165) is 16.7 Å². The molecule has 1 heterocycles. The lowest BCUT2D eigenvalue weighted by molar-refractivity contribution is 0.0734. The molecule has 1 atom stereocenters. The number of amides is 1. The van der Waals surface area contributed by atoms with E-state index in [-0.39, 0.29) is 11.9 Å². The molecule has 1 amide bonds. The predicted octanol–water partition coefficient (Wildman–Crippen LogP) is 5.24. The van der Waals surface area contributed by atoms with Crippen LogP contribution in [0.25, 0.3) is 11.1 Å². The van der Waals surface area contributed by atoms with Crippen LogP contribution < -0.4 is 15.8 Å². The van der Waals surface area contributed by atoms with Crippen molar-refractivity contribution in [3.05, 3.63) is 114 Å². The number of pyridine rings is 1. The average Bonchev–Trinajstić information content (AvgIpc) is 2.85. The van der Waals surface area contributed by atoms with Gasteiger partial charge in [0.1, 0.15) is 5.75 Å². The van der Waals surface area contributed by atoms with Gasteiger partial charge in [-0.25, -0.2) is 4.79 Å². The second-order valence-electron chi connectivity index (χ2n) is 7.56. The molecule has 0 bridgehead atoms. The molecule has 4 rings (SSSR count). The number of benzene rings is 3. The molecule has 164 valence electrons. The summed E-state index contributed by atoms with van der Waals surface area (Å²) in [6.07, 6.45) is 3.22. The Hall–Kier alpha value is -4.29. The molecule has 6 heteroatoms. The number of esters is 1. The van der Waals surface area contributed by atoms with Crippen LogP contribution in [-0.2, 0) is 0 Å². The summed E-state index contributed by atoms with van der Waals surface area (Å²) in [7, 11) is 0. The highest BCUT2D eigenvalue weighted by molar-refractivity contribution is 6.05. The minimum absolute atomic E-state index is 0.252. The van der Waals surface area contributed by atoms with Crippen molar-refractivity contribution >= 4 is 17.6 Å². The molecule has 1 unspecified atom stereocenters. The van der Waals surface area contributed by atoms with Gasteiger partial charge in [-0.2, -0.15) is 0 Å². The van der Waals surface area contributed by atoms with Crippen molar-refractivity contribution in [2.24, 2.45) is 5.73 Å². The summed E-state index contributed by atoms with van der Waals surface area (Å²) < 4.78 is 5.46. The minimum atomic E-state index is -0.461. The van der Waals surface area contributed by atoms with Gasteiger partial charge in [-0.05, 0) is 72.1 Å². The largest absolute Gasteiger partial charge is 0.423 e. The number of rotatable bonds is 6. The van der Waals surface area contributed by atoms with Gasteiger partial charge in [0, 0.05) is 29.7 Å². The fourth-order valence-corrected chi connectivity index (χ4v) is 3.45. The number of ether oxygens (including phenoxy) is 1. The summed E-state index contributed by atoms with van der Waals surface area (Å²) in [5.74, 6) is -0.241. The maximum atomic E-state index is 12.8. The maximum absolute atomic E-state index is 12.8. The number of para-hydroxylation sites is 1. The molecule has 6 nitrogen and oxygen atoms in total. The number of hydrogen-bond donors (Lipinski definition) is 2. The molecule has 3 N–H and O–H groups in total. The van der Waals surface area contributed by atoms with E-state index in [0.29, 0.717) is 22.6 Å². The zero-order valence-corrected chi connectivity index (χ0v) is 18.1. The minimum Gasteiger partial charge on any atom is -0.423 e. The van der Waals surface area contributed by atoms with Crippen LogP contribution in [-0.4, -0.2) is 16.9 Å². The van der Waals surface area contributed by atoms with Crippen molar-refractivity contribution in [1.29, 1.82) is 0 Å². The molecule has 1 aromatic heterocycles. The van der Waals surface area contributed by atoms with Gasteiger partial charge in [0.05, 0.1) is 5.56 Å². The van der Waals surface area contributed by atoms with Gasteiger partial charge in [-0.1, -0.05) is 36.4 Å². The lowest BCUT2D eigenvalue weighted by Crippen LogP contribution is -2.14. The Labute approximate surface area is 192 Å². The summed E-state index contributed by atoms with van der Waals surface area (Å²) in [6.45, 7) is 1.88. The molecular formula is C27H23N3O3. The summed E-state index contributed by atoms with van der Waals surface area (Å²) in [5, 5.41) is 2.86. The smallest absolute Gasteiger partial charge is 0.343 e. The van der Waals surface area contributed by atoms with Crippen LogP contribution in [0.4, 0.5) is 5.69 Å². The van der Waals surface area contributed by atoms with Gasteiger partial charge >= 0.3 is 5.97 Å². The third-order valence-corrected chi connectivity index (χ3v) is 5.11. The van der Waals surface area contributed by atoms with Crippen molar-refractivity contribution in [2.75, 3.05) is 5.32 Å². The summed E-state index contributed by atoms with van der Waals surface area (Å²) >= 11 is 0. The SMILES string of the molecule is CC(N)c1ccc(C(=O)Nc2ccncc2)cc1-c1cccc(C(=O)Oc2ccccc2)c1. The van der Waals surface area contributed by atoms with Crippen LogP contribution in [0.5, 0.6) is 5.75 Å². The van der Waals surface area contributed by atoms with E-state index in [1.54, 1.807) is 79.1 Å². The number of nitrogens with zero attached hydrogens (tertiary/aromatic N) is 1. The monoisotopic (exact) mass is 437 g/mol. The molecule has 0 aliphatic rings. The Morgan fingerprint density at radius 1 is 0.879 bits per heavy atom. The standard InChI is InChI=1S/C27H23N3O3/c1-18(28)24-11-10-20(26(31)30-22-12-14-29-15-13-22)17-25(24)19-6-5-7-21(16-19)27(32)33-23-8-3-2-4-9-23/h2-18H,28H2,1H3,(H,29,30,31). The number of anilines is 1. The Kier molecular flexibility index (Phi) is 6.57. The fourth-order valence-electron chi connectivity index (χ4n) is 3.45. The van der Waals surface area contributed by atoms with Crippen molar-refractivity contribution < 1.29 is 14.3 Å². The van der Waals surface area contributed by atoms with Crippen molar-refractivity contribution in [2.45, 2.75) is 13.0 Å². The van der Waals surface area contributed by atoms with Crippen LogP contribution in [0.1, 0.15) is 39.2 Å². The topological polar surface area (TPSA) is 94.3 Å². The Morgan fingerprint density at radius 3 is 2.36 bits per heavy atom. The molecule has 3 aromatic carbocycles. The number of carbonyl (C=O) groups is 2. The zero-order chi connectivity index (χ0) is 23.2. The van der Waals surface area contributed by atoms with E-state index in [1.807, 2.05) is 25.1 Å². The lowest BCUT2D eigenvalue weighted by atomic mass is 9.92. The predicted molar refractivity (Wildman–Crippen MR) is 128 cm³/mol. The van der Waals surface area contributed by atoms with Crippen LogP contribution in [0.15, 0.2) is 97.3 Å². The van der Waals surface area contributed by atoms with Gasteiger partial charge in [-0.3, -0.25) is 9.78 Å². The van der Waals surface area contributed by atoms with E-state index in [9.17, 15) is 9.59 Å². The van der Waals surface area contributed by atoms with Gasteiger partial charge in [0.2, 0.25) is 0 Å². The van der Waals surface area contributed by atoms with Crippen LogP contribution in [0.2, 0.25) is 0 Å². The van der Waals surface area contributed by atoms with Crippen LogP contribution in [0.3, 0.4) is 0 Å². The highest BCUT2D eigenvalue weighted by atomic mass is 16.5. The first-order valence-corrected chi connectivity index (χ1v) is 10.5. The summed E-state index contributed by atoms with van der Waals surface area (Å²) in [5.41, 5.74) is 10.1. The van der Waals surface area contributed by atoms with E-state index in [1.165, 1.54) is 0 Å². The number of carbonyl (C=O) groups excluding carboxylic acids is 2. The molecule has 0 aliphatic heterocycles. The molecule has 0 radical (unpaired) electrons. The van der Waals surface area contributed by atoms with E-state index >= 15 is 0 Å². The molecular weight excluding hydrogens is 414 g/mol. The van der Waals surface area contributed by atoms with E-state index in [4.69, 9.17) is 10.5 Å². The highest BCUT2D eigenvalue weighted by Crippen LogP contribution is 2.30. The molecule has 0 aliphatic carbocycles. The Balaban J connectivity index is 1.65. The zero-order valence-electron chi connectivity index (χ0n) is 18.1. The quantitative estimate of drug-likeness (QED) is 0.318. The molecule has 0 saturated carbocycles. The third-order valence-electron chi connectivity index (χ3n) is 5.11. The maximum Gasteiger partial charge on any atom is 0.343 e. The lowest BCUT2D eigenvalue weighted by Gasteiger charge is -2.16. The van der Waals surface area contributed by atoms with Crippen molar-refractivity contribution in [1.82, 2.24) is 4.98 Å². The first kappa shape index (κ1) is 21.9. The summed E-state index contributed by atoms with van der Waals surface area (Å²) in [4.78, 5) is 29.5. The van der Waals surface area contributed by atoms with Gasteiger partial charge < -0.3 is 15.8 Å². The molecule has 0 fully saturated rings. The van der Waals surface area contributed by atoms with Gasteiger partial charge in [0.25, 0.3) is 5.91 Å². The number of nitrogens with two attached hydrogens (primary N) is 1. The molecule has 0 saturated heterocycles. The summed E-state index contributed by atoms with van der Waals surface area (Å²) in [6, 6.07) is 24.6. The number of hydrogen-bond acceptors (Lipinski definition) is 5. The fraction of sp³-hybridized carbons (Fsp3) is 0.0741. The average molecular weight is 437 g/mol. The first-order valence-electron chi connectivity index (χ1n) is 10.5. The number of aromatic nitrogens is 1. The van der Waals surface area contributed by atoms with Gasteiger partial charge in [0.15, 0.2) is 0 Å². The third kappa shape index (κ3) is 5.31. The molecule has 0 spiro atoms. The highest BCUT2D eigenvalue weighted by Gasteiger charge is 2.16. The Bertz CT molecular complexity index is 1270. The van der Waals surface area contributed by atoms with E-state index < -0.39 is 5.97 Å². The second kappa shape index (κ2) is 9.89. The molecule has 4 aromatic rings.